The summed E-state index contributed by atoms with van der Waals surface area (Å²) in [6, 6.07) is 11.4. The number of rotatable bonds is 3. The fourth-order valence-electron chi connectivity index (χ4n) is 0.938. The first-order valence-corrected chi connectivity index (χ1v) is 4.93. The van der Waals surface area contributed by atoms with Crippen molar-refractivity contribution >= 4 is 17.4 Å². The normalized spacial score (nSPS) is 11.3. The van der Waals surface area contributed by atoms with Gasteiger partial charge in [0, 0.05) is 10.6 Å². The second-order valence-corrected chi connectivity index (χ2v) is 3.88. The Kier molecular flexibility index (Phi) is 3.84. The molecule has 3 nitrogen and oxygen atoms in total. The van der Waals surface area contributed by atoms with Crippen LogP contribution in [-0.2, 0) is 0 Å². The zero-order chi connectivity index (χ0) is 10.4. The number of nitrogens with zero attached hydrogens (tertiary/aromatic N) is 2. The van der Waals surface area contributed by atoms with Gasteiger partial charge in [-0.05, 0) is 12.1 Å². The van der Waals surface area contributed by atoms with Crippen molar-refractivity contribution in [2.45, 2.75) is 16.6 Å². The highest BCUT2D eigenvalue weighted by atomic mass is 32.2. The largest absolute Gasteiger partial charge is 0.398 e. The van der Waals surface area contributed by atoms with Gasteiger partial charge in [0.25, 0.3) is 0 Å². The maximum absolute atomic E-state index is 8.75. The van der Waals surface area contributed by atoms with E-state index in [1.165, 1.54) is 11.8 Å². The monoisotopic (exact) mass is 203 g/mol. The molecule has 1 unspecified atom stereocenters. The molecule has 4 heteroatoms. The van der Waals surface area contributed by atoms with Crippen molar-refractivity contribution < 1.29 is 0 Å². The van der Waals surface area contributed by atoms with Gasteiger partial charge in [-0.2, -0.15) is 10.5 Å². The van der Waals surface area contributed by atoms with Crippen molar-refractivity contribution in [3.05, 3.63) is 24.3 Å². The van der Waals surface area contributed by atoms with Crippen molar-refractivity contribution in [1.29, 1.82) is 10.5 Å². The molecule has 1 aromatic carbocycles. The van der Waals surface area contributed by atoms with Gasteiger partial charge in [0.15, 0.2) is 0 Å². The first-order valence-electron chi connectivity index (χ1n) is 4.05. The number of hydrogen-bond donors (Lipinski definition) is 1. The molecule has 0 aliphatic heterocycles. The zero-order valence-electron chi connectivity index (χ0n) is 7.47. The van der Waals surface area contributed by atoms with Gasteiger partial charge in [-0.3, -0.25) is 0 Å². The molecule has 0 saturated carbocycles. The Bertz CT molecular complexity index is 389. The van der Waals surface area contributed by atoms with Gasteiger partial charge in [0.2, 0.25) is 0 Å². The summed E-state index contributed by atoms with van der Waals surface area (Å²) in [6.07, 6.45) is 0.218. The topological polar surface area (TPSA) is 73.6 Å². The van der Waals surface area contributed by atoms with E-state index in [9.17, 15) is 0 Å². The first-order chi connectivity index (χ1) is 6.77. The molecule has 0 aromatic heterocycles. The van der Waals surface area contributed by atoms with E-state index in [1.54, 1.807) is 6.07 Å². The molecule has 0 aliphatic carbocycles. The van der Waals surface area contributed by atoms with Crippen LogP contribution in [0.15, 0.2) is 29.2 Å². The Morgan fingerprint density at radius 2 is 2.07 bits per heavy atom. The molecule has 1 atom stereocenters. The van der Waals surface area contributed by atoms with Gasteiger partial charge in [-0.1, -0.05) is 12.1 Å². The van der Waals surface area contributed by atoms with Crippen LogP contribution in [0.25, 0.3) is 0 Å². The number of para-hydroxylation sites is 1. The van der Waals surface area contributed by atoms with Crippen LogP contribution in [0.2, 0.25) is 0 Å². The number of hydrogen-bond acceptors (Lipinski definition) is 4. The van der Waals surface area contributed by atoms with Crippen LogP contribution in [0.1, 0.15) is 6.42 Å². The summed E-state index contributed by atoms with van der Waals surface area (Å²) in [5.74, 6) is 0. The molecule has 0 amide bonds. The lowest BCUT2D eigenvalue weighted by Crippen LogP contribution is -1.98. The Balaban J connectivity index is 2.74. The molecular weight excluding hydrogens is 194 g/mol. The second kappa shape index (κ2) is 5.16. The smallest absolute Gasteiger partial charge is 0.109 e. The maximum Gasteiger partial charge on any atom is 0.109 e. The molecule has 0 spiro atoms. The predicted molar refractivity (Wildman–Crippen MR) is 56.3 cm³/mol. The number of nitrogen functional groups attached to an aromatic ring is 1. The minimum Gasteiger partial charge on any atom is -0.398 e. The second-order valence-electron chi connectivity index (χ2n) is 2.64. The number of anilines is 1. The third kappa shape index (κ3) is 2.69. The van der Waals surface area contributed by atoms with E-state index in [-0.39, 0.29) is 11.7 Å². The predicted octanol–water partition coefficient (Wildman–Crippen LogP) is 2.17. The Hall–Kier alpha value is -1.65. The molecule has 1 rings (SSSR count). The van der Waals surface area contributed by atoms with E-state index >= 15 is 0 Å². The molecule has 0 fully saturated rings. The maximum atomic E-state index is 8.75. The molecule has 2 N–H and O–H groups in total. The number of nitrogens with two attached hydrogens (primary N) is 1. The summed E-state index contributed by atoms with van der Waals surface area (Å²) in [5.41, 5.74) is 6.36. The molecule has 70 valence electrons. The first kappa shape index (κ1) is 10.4. The summed E-state index contributed by atoms with van der Waals surface area (Å²) in [7, 11) is 0. The quantitative estimate of drug-likeness (QED) is 0.603. The van der Waals surface area contributed by atoms with Crippen molar-refractivity contribution in [3.63, 3.8) is 0 Å². The van der Waals surface area contributed by atoms with Crippen LogP contribution in [0.3, 0.4) is 0 Å². The highest BCUT2D eigenvalue weighted by molar-refractivity contribution is 8.00. The fourth-order valence-corrected chi connectivity index (χ4v) is 1.82. The van der Waals surface area contributed by atoms with Crippen LogP contribution < -0.4 is 5.73 Å². The molecule has 0 radical (unpaired) electrons. The van der Waals surface area contributed by atoms with E-state index in [2.05, 4.69) is 6.07 Å². The van der Waals surface area contributed by atoms with Crippen molar-refractivity contribution in [2.75, 3.05) is 5.73 Å². The Morgan fingerprint density at radius 3 is 2.64 bits per heavy atom. The zero-order valence-corrected chi connectivity index (χ0v) is 8.29. The average Bonchev–Trinajstić information content (AvgIpc) is 2.20. The van der Waals surface area contributed by atoms with Crippen LogP contribution in [0.4, 0.5) is 5.69 Å². The standard InChI is InChI=1S/C10H9N3S/c11-6-5-8(7-12)14-10-4-2-1-3-9(10)13/h1-4,8H,5,13H2. The molecule has 0 bridgehead atoms. The van der Waals surface area contributed by atoms with E-state index in [0.29, 0.717) is 5.69 Å². The van der Waals surface area contributed by atoms with Gasteiger partial charge in [-0.15, -0.1) is 11.8 Å². The minimum absolute atomic E-state index is 0.218. The van der Waals surface area contributed by atoms with E-state index < -0.39 is 0 Å². The number of thioether (sulfide) groups is 1. The molecule has 0 heterocycles. The fraction of sp³-hybridized carbons (Fsp3) is 0.200. The SMILES string of the molecule is N#CCC(C#N)Sc1ccccc1N. The lowest BCUT2D eigenvalue weighted by molar-refractivity contribution is 1.09. The highest BCUT2D eigenvalue weighted by Crippen LogP contribution is 2.29. The summed E-state index contributed by atoms with van der Waals surface area (Å²) < 4.78 is 0. The van der Waals surface area contributed by atoms with Gasteiger partial charge in [-0.25, -0.2) is 0 Å². The van der Waals surface area contributed by atoms with Gasteiger partial charge in [0.05, 0.1) is 18.6 Å². The van der Waals surface area contributed by atoms with Gasteiger partial charge >= 0.3 is 0 Å². The van der Waals surface area contributed by atoms with Crippen molar-refractivity contribution in [2.24, 2.45) is 0 Å². The number of nitriles is 2. The summed E-state index contributed by atoms with van der Waals surface area (Å²) in [6.45, 7) is 0. The van der Waals surface area contributed by atoms with Gasteiger partial charge in [0.1, 0.15) is 5.25 Å². The average molecular weight is 203 g/mol. The molecule has 14 heavy (non-hydrogen) atoms. The van der Waals surface area contributed by atoms with Crippen LogP contribution in [-0.4, -0.2) is 5.25 Å². The molecular formula is C10H9N3S. The lowest BCUT2D eigenvalue weighted by Gasteiger charge is -2.06. The van der Waals surface area contributed by atoms with Crippen LogP contribution >= 0.6 is 11.8 Å². The third-order valence-corrected chi connectivity index (χ3v) is 2.79. The third-order valence-electron chi connectivity index (χ3n) is 1.61. The van der Waals surface area contributed by atoms with Gasteiger partial charge < -0.3 is 5.73 Å². The van der Waals surface area contributed by atoms with E-state index in [0.717, 1.165) is 4.90 Å². The van der Waals surface area contributed by atoms with Crippen molar-refractivity contribution in [3.8, 4) is 12.1 Å². The van der Waals surface area contributed by atoms with E-state index in [1.807, 2.05) is 24.3 Å². The van der Waals surface area contributed by atoms with E-state index in [4.69, 9.17) is 16.3 Å². The molecule has 1 aromatic rings. The van der Waals surface area contributed by atoms with Crippen LogP contribution in [0, 0.1) is 22.7 Å². The van der Waals surface area contributed by atoms with Crippen LogP contribution in [0.5, 0.6) is 0 Å². The number of benzene rings is 1. The summed E-state index contributed by atoms with van der Waals surface area (Å²) in [5, 5.41) is 16.9. The molecule has 0 aliphatic rings. The van der Waals surface area contributed by atoms with Crippen molar-refractivity contribution in [1.82, 2.24) is 0 Å². The lowest BCUT2D eigenvalue weighted by atomic mass is 10.3. The minimum atomic E-state index is -0.343. The Labute approximate surface area is 87.1 Å². The summed E-state index contributed by atoms with van der Waals surface area (Å²) >= 11 is 1.33. The highest BCUT2D eigenvalue weighted by Gasteiger charge is 2.10. The summed E-state index contributed by atoms with van der Waals surface area (Å²) in [4.78, 5) is 0.856. The Morgan fingerprint density at radius 1 is 1.36 bits per heavy atom. The molecule has 0 saturated heterocycles.